The predicted molar refractivity (Wildman–Crippen MR) is 84.1 cm³/mol. The van der Waals surface area contributed by atoms with Crippen LogP contribution in [0.15, 0.2) is 18.2 Å². The minimum atomic E-state index is 0.874. The molecule has 0 saturated carbocycles. The summed E-state index contributed by atoms with van der Waals surface area (Å²) >= 11 is 6.43. The lowest BCUT2D eigenvalue weighted by Crippen LogP contribution is -2.33. The van der Waals surface area contributed by atoms with Crippen LogP contribution in [0.25, 0.3) is 0 Å². The Bertz CT molecular complexity index is 398. The van der Waals surface area contributed by atoms with E-state index in [0.717, 1.165) is 30.6 Å². The van der Waals surface area contributed by atoms with E-state index in [1.165, 1.54) is 36.9 Å². The van der Waals surface area contributed by atoms with Crippen molar-refractivity contribution in [3.05, 3.63) is 28.8 Å². The van der Waals surface area contributed by atoms with Crippen molar-refractivity contribution in [3.63, 3.8) is 0 Å². The first-order valence-corrected chi connectivity index (χ1v) is 7.80. The molecule has 0 unspecified atom stereocenters. The summed E-state index contributed by atoms with van der Waals surface area (Å²) in [7, 11) is 1.96. The second-order valence-corrected chi connectivity index (χ2v) is 5.94. The van der Waals surface area contributed by atoms with Gasteiger partial charge in [-0.3, -0.25) is 0 Å². The summed E-state index contributed by atoms with van der Waals surface area (Å²) in [4.78, 5) is 2.44. The third-order valence-corrected chi connectivity index (χ3v) is 4.35. The zero-order chi connectivity index (χ0) is 13.7. The van der Waals surface area contributed by atoms with Gasteiger partial charge in [-0.1, -0.05) is 37.4 Å². The van der Waals surface area contributed by atoms with E-state index in [-0.39, 0.29) is 0 Å². The molecule has 1 heterocycles. The molecule has 1 aromatic carbocycles. The van der Waals surface area contributed by atoms with E-state index >= 15 is 0 Å². The SMILES string of the molecule is CCCC1CCN(c2ccc(CNC)cc2Cl)CC1. The van der Waals surface area contributed by atoms with Gasteiger partial charge in [0.25, 0.3) is 0 Å². The van der Waals surface area contributed by atoms with Crippen molar-refractivity contribution in [2.24, 2.45) is 5.92 Å². The predicted octanol–water partition coefficient (Wildman–Crippen LogP) is 4.08. The monoisotopic (exact) mass is 280 g/mol. The first-order chi connectivity index (χ1) is 9.24. The lowest BCUT2D eigenvalue weighted by atomic mass is 9.92. The standard InChI is InChI=1S/C16H25ClN2/c1-3-4-13-7-9-19(10-8-13)16-6-5-14(12-18-2)11-15(16)17/h5-6,11,13,18H,3-4,7-10,12H2,1-2H3. The molecule has 2 nitrogen and oxygen atoms in total. The van der Waals surface area contributed by atoms with E-state index in [1.54, 1.807) is 0 Å². The Kier molecular flexibility index (Phi) is 5.53. The zero-order valence-electron chi connectivity index (χ0n) is 12.1. The van der Waals surface area contributed by atoms with Crippen LogP contribution < -0.4 is 10.2 Å². The van der Waals surface area contributed by atoms with Crippen LogP contribution in [0.3, 0.4) is 0 Å². The van der Waals surface area contributed by atoms with Crippen molar-refractivity contribution in [2.75, 3.05) is 25.0 Å². The van der Waals surface area contributed by atoms with Crippen LogP contribution in [-0.2, 0) is 6.54 Å². The first kappa shape index (κ1) is 14.7. The van der Waals surface area contributed by atoms with Gasteiger partial charge in [-0.25, -0.2) is 0 Å². The minimum Gasteiger partial charge on any atom is -0.370 e. The zero-order valence-corrected chi connectivity index (χ0v) is 12.8. The smallest absolute Gasteiger partial charge is 0.0642 e. The maximum Gasteiger partial charge on any atom is 0.0642 e. The molecule has 0 spiro atoms. The maximum atomic E-state index is 6.43. The lowest BCUT2D eigenvalue weighted by Gasteiger charge is -2.34. The first-order valence-electron chi connectivity index (χ1n) is 7.42. The Balaban J connectivity index is 1.99. The van der Waals surface area contributed by atoms with E-state index in [4.69, 9.17) is 11.6 Å². The molecule has 19 heavy (non-hydrogen) atoms. The largest absolute Gasteiger partial charge is 0.370 e. The molecule has 0 aromatic heterocycles. The van der Waals surface area contributed by atoms with Crippen LogP contribution in [0.2, 0.25) is 5.02 Å². The Morgan fingerprint density at radius 1 is 1.32 bits per heavy atom. The summed E-state index contributed by atoms with van der Waals surface area (Å²) in [6.07, 6.45) is 5.30. The van der Waals surface area contributed by atoms with Gasteiger partial charge in [0.1, 0.15) is 0 Å². The molecule has 0 atom stereocenters. The Morgan fingerprint density at radius 2 is 2.05 bits per heavy atom. The fraction of sp³-hybridized carbons (Fsp3) is 0.625. The normalized spacial score (nSPS) is 16.9. The molecule has 2 rings (SSSR count). The minimum absolute atomic E-state index is 0.874. The van der Waals surface area contributed by atoms with Gasteiger partial charge in [0.15, 0.2) is 0 Å². The highest BCUT2D eigenvalue weighted by Gasteiger charge is 2.20. The van der Waals surface area contributed by atoms with Gasteiger partial charge >= 0.3 is 0 Å². The summed E-state index contributed by atoms with van der Waals surface area (Å²) in [5, 5.41) is 4.05. The summed E-state index contributed by atoms with van der Waals surface area (Å²) in [6.45, 7) is 5.45. The van der Waals surface area contributed by atoms with E-state index in [9.17, 15) is 0 Å². The molecular formula is C16H25ClN2. The number of hydrogen-bond donors (Lipinski definition) is 1. The molecule has 0 bridgehead atoms. The average Bonchev–Trinajstić information content (AvgIpc) is 2.41. The van der Waals surface area contributed by atoms with Crippen LogP contribution in [0, 0.1) is 5.92 Å². The topological polar surface area (TPSA) is 15.3 Å². The summed E-state index contributed by atoms with van der Waals surface area (Å²) in [5.41, 5.74) is 2.45. The number of nitrogens with one attached hydrogen (secondary N) is 1. The van der Waals surface area contributed by atoms with Crippen LogP contribution in [0.5, 0.6) is 0 Å². The number of anilines is 1. The highest BCUT2D eigenvalue weighted by Crippen LogP contribution is 2.31. The molecule has 1 aromatic rings. The molecule has 0 amide bonds. The second kappa shape index (κ2) is 7.16. The van der Waals surface area contributed by atoms with Gasteiger partial charge in [0.2, 0.25) is 0 Å². The van der Waals surface area contributed by atoms with Gasteiger partial charge in [-0.2, -0.15) is 0 Å². The molecular weight excluding hydrogens is 256 g/mol. The third kappa shape index (κ3) is 3.87. The number of rotatable bonds is 5. The molecule has 1 saturated heterocycles. The van der Waals surface area contributed by atoms with Gasteiger partial charge in [0.05, 0.1) is 10.7 Å². The van der Waals surface area contributed by atoms with Gasteiger partial charge in [0, 0.05) is 19.6 Å². The fourth-order valence-electron chi connectivity index (χ4n) is 2.99. The molecule has 1 aliphatic heterocycles. The van der Waals surface area contributed by atoms with E-state index in [2.05, 4.69) is 35.3 Å². The van der Waals surface area contributed by atoms with Crippen LogP contribution in [0.1, 0.15) is 38.2 Å². The molecule has 3 heteroatoms. The Morgan fingerprint density at radius 3 is 2.63 bits per heavy atom. The van der Waals surface area contributed by atoms with Crippen molar-refractivity contribution >= 4 is 17.3 Å². The van der Waals surface area contributed by atoms with Gasteiger partial charge in [-0.05, 0) is 43.5 Å². The van der Waals surface area contributed by atoms with Crippen molar-refractivity contribution in [1.29, 1.82) is 0 Å². The second-order valence-electron chi connectivity index (χ2n) is 5.54. The number of halogens is 1. The lowest BCUT2D eigenvalue weighted by molar-refractivity contribution is 0.378. The summed E-state index contributed by atoms with van der Waals surface area (Å²) in [6, 6.07) is 6.44. The van der Waals surface area contributed by atoms with Crippen molar-refractivity contribution in [3.8, 4) is 0 Å². The molecule has 1 N–H and O–H groups in total. The highest BCUT2D eigenvalue weighted by atomic mass is 35.5. The Hall–Kier alpha value is -0.730. The summed E-state index contributed by atoms with van der Waals surface area (Å²) < 4.78 is 0. The number of nitrogens with zero attached hydrogens (tertiary/aromatic N) is 1. The van der Waals surface area contributed by atoms with Crippen LogP contribution >= 0.6 is 11.6 Å². The van der Waals surface area contributed by atoms with E-state index in [0.29, 0.717) is 0 Å². The third-order valence-electron chi connectivity index (χ3n) is 4.05. The molecule has 106 valence electrons. The maximum absolute atomic E-state index is 6.43. The van der Waals surface area contributed by atoms with Crippen molar-refractivity contribution in [1.82, 2.24) is 5.32 Å². The molecule has 0 radical (unpaired) electrons. The molecule has 1 aliphatic rings. The van der Waals surface area contributed by atoms with Crippen LogP contribution in [-0.4, -0.2) is 20.1 Å². The van der Waals surface area contributed by atoms with Gasteiger partial charge < -0.3 is 10.2 Å². The van der Waals surface area contributed by atoms with Crippen molar-refractivity contribution < 1.29 is 0 Å². The average molecular weight is 281 g/mol. The quantitative estimate of drug-likeness (QED) is 0.874. The number of hydrogen-bond acceptors (Lipinski definition) is 2. The fourth-order valence-corrected chi connectivity index (χ4v) is 3.31. The van der Waals surface area contributed by atoms with E-state index in [1.807, 2.05) is 7.05 Å². The summed E-state index contributed by atoms with van der Waals surface area (Å²) in [5.74, 6) is 0.920. The van der Waals surface area contributed by atoms with E-state index < -0.39 is 0 Å². The Labute approximate surface area is 122 Å². The molecule has 1 fully saturated rings. The van der Waals surface area contributed by atoms with Crippen molar-refractivity contribution in [2.45, 2.75) is 39.2 Å². The van der Waals surface area contributed by atoms with Gasteiger partial charge in [-0.15, -0.1) is 0 Å². The number of piperidine rings is 1. The van der Waals surface area contributed by atoms with Crippen LogP contribution in [0.4, 0.5) is 5.69 Å². The number of benzene rings is 1. The highest BCUT2D eigenvalue weighted by molar-refractivity contribution is 6.33. The molecule has 0 aliphatic carbocycles.